The Morgan fingerprint density at radius 1 is 1.06 bits per heavy atom. The zero-order chi connectivity index (χ0) is 13.0. The van der Waals surface area contributed by atoms with Crippen molar-refractivity contribution in [2.75, 3.05) is 24.6 Å². The molecule has 5 heteroatoms. The minimum atomic E-state index is -3.30. The first-order valence-corrected chi connectivity index (χ1v) is 8.85. The van der Waals surface area contributed by atoms with Crippen molar-refractivity contribution in [1.29, 1.82) is 0 Å². The minimum absolute atomic E-state index is 0.415. The van der Waals surface area contributed by atoms with Crippen LogP contribution in [0.25, 0.3) is 0 Å². The number of rotatable bonds is 2. The van der Waals surface area contributed by atoms with Crippen LogP contribution in [0.5, 0.6) is 0 Å². The fraction of sp³-hybridized carbons (Fsp3) is 0.538. The van der Waals surface area contributed by atoms with Crippen LogP contribution in [0.3, 0.4) is 0 Å². The van der Waals surface area contributed by atoms with Gasteiger partial charge in [0, 0.05) is 18.8 Å². The summed E-state index contributed by atoms with van der Waals surface area (Å²) in [6, 6.07) is 7.12. The van der Waals surface area contributed by atoms with Gasteiger partial charge in [0.05, 0.1) is 4.90 Å². The molecule has 18 heavy (non-hydrogen) atoms. The van der Waals surface area contributed by atoms with Crippen LogP contribution in [-0.2, 0) is 10.0 Å². The number of nitrogens with zero attached hydrogens (tertiary/aromatic N) is 1. The summed E-state index contributed by atoms with van der Waals surface area (Å²) in [7, 11) is -3.30. The molecule has 0 unspecified atom stereocenters. The van der Waals surface area contributed by atoms with Gasteiger partial charge in [0.25, 0.3) is 0 Å². The highest BCUT2D eigenvalue weighted by atomic mass is 32.2. The van der Waals surface area contributed by atoms with Gasteiger partial charge in [-0.1, -0.05) is 17.7 Å². The van der Waals surface area contributed by atoms with Crippen molar-refractivity contribution in [3.8, 4) is 0 Å². The monoisotopic (exact) mass is 285 g/mol. The van der Waals surface area contributed by atoms with E-state index in [4.69, 9.17) is 0 Å². The predicted octanol–water partition coefficient (Wildman–Crippen LogP) is 2.51. The van der Waals surface area contributed by atoms with E-state index in [0.29, 0.717) is 18.0 Å². The molecule has 100 valence electrons. The predicted molar refractivity (Wildman–Crippen MR) is 76.5 cm³/mol. The maximum Gasteiger partial charge on any atom is 0.243 e. The standard InChI is InChI=1S/C13H19NO2S2/c1-12-4-6-13(7-5-12)18(15,16)14-8-2-3-10-17-11-9-14/h4-7H,2-3,8-11H2,1H3. The zero-order valence-electron chi connectivity index (χ0n) is 10.6. The Bertz CT molecular complexity index is 474. The molecule has 1 fully saturated rings. The number of hydrogen-bond donors (Lipinski definition) is 0. The molecule has 0 saturated carbocycles. The Balaban J connectivity index is 2.20. The summed E-state index contributed by atoms with van der Waals surface area (Å²) in [5.41, 5.74) is 1.08. The van der Waals surface area contributed by atoms with E-state index in [2.05, 4.69) is 0 Å². The summed E-state index contributed by atoms with van der Waals surface area (Å²) in [6.07, 6.45) is 2.06. The van der Waals surface area contributed by atoms with Gasteiger partial charge in [-0.25, -0.2) is 8.42 Å². The minimum Gasteiger partial charge on any atom is -0.207 e. The van der Waals surface area contributed by atoms with Gasteiger partial charge in [0.15, 0.2) is 0 Å². The quantitative estimate of drug-likeness (QED) is 0.838. The van der Waals surface area contributed by atoms with Crippen molar-refractivity contribution < 1.29 is 8.42 Å². The van der Waals surface area contributed by atoms with E-state index in [1.54, 1.807) is 16.4 Å². The summed E-state index contributed by atoms with van der Waals surface area (Å²) < 4.78 is 26.6. The second-order valence-corrected chi connectivity index (χ2v) is 7.70. The molecule has 0 spiro atoms. The third kappa shape index (κ3) is 3.28. The Kier molecular flexibility index (Phi) is 4.70. The topological polar surface area (TPSA) is 37.4 Å². The molecule has 1 aromatic carbocycles. The van der Waals surface area contributed by atoms with Gasteiger partial charge in [-0.2, -0.15) is 16.1 Å². The van der Waals surface area contributed by atoms with E-state index >= 15 is 0 Å². The SMILES string of the molecule is Cc1ccc(S(=O)(=O)N2CCCCSCC2)cc1. The van der Waals surface area contributed by atoms with Crippen molar-refractivity contribution >= 4 is 21.8 Å². The van der Waals surface area contributed by atoms with Gasteiger partial charge in [-0.15, -0.1) is 0 Å². The van der Waals surface area contributed by atoms with Crippen molar-refractivity contribution in [3.05, 3.63) is 29.8 Å². The Morgan fingerprint density at radius 2 is 1.78 bits per heavy atom. The van der Waals surface area contributed by atoms with Crippen LogP contribution < -0.4 is 0 Å². The summed E-state index contributed by atoms with van der Waals surface area (Å²) >= 11 is 1.84. The van der Waals surface area contributed by atoms with Gasteiger partial charge in [-0.05, 0) is 37.7 Å². The number of benzene rings is 1. The summed E-state index contributed by atoms with van der Waals surface area (Å²) in [5.74, 6) is 2.05. The Labute approximate surface area is 114 Å². The van der Waals surface area contributed by atoms with E-state index in [0.717, 1.165) is 29.9 Å². The highest BCUT2D eigenvalue weighted by Crippen LogP contribution is 2.20. The summed E-state index contributed by atoms with van der Waals surface area (Å²) in [5, 5.41) is 0. The molecule has 0 bridgehead atoms. The molecular formula is C13H19NO2S2. The lowest BCUT2D eigenvalue weighted by Gasteiger charge is -2.24. The van der Waals surface area contributed by atoms with Crippen LogP contribution in [0.15, 0.2) is 29.2 Å². The van der Waals surface area contributed by atoms with Crippen LogP contribution in [0, 0.1) is 6.92 Å². The highest BCUT2D eigenvalue weighted by Gasteiger charge is 2.24. The van der Waals surface area contributed by atoms with E-state index in [-0.39, 0.29) is 0 Å². The fourth-order valence-electron chi connectivity index (χ4n) is 1.97. The van der Waals surface area contributed by atoms with Gasteiger partial charge in [0.1, 0.15) is 0 Å². The van der Waals surface area contributed by atoms with Gasteiger partial charge in [0.2, 0.25) is 10.0 Å². The van der Waals surface area contributed by atoms with Crippen LogP contribution >= 0.6 is 11.8 Å². The number of aryl methyl sites for hydroxylation is 1. The molecule has 1 heterocycles. The maximum atomic E-state index is 12.5. The van der Waals surface area contributed by atoms with Crippen LogP contribution in [0.4, 0.5) is 0 Å². The average Bonchev–Trinajstić information content (AvgIpc) is 2.28. The van der Waals surface area contributed by atoms with Crippen molar-refractivity contribution in [3.63, 3.8) is 0 Å². The largest absolute Gasteiger partial charge is 0.243 e. The van der Waals surface area contributed by atoms with Crippen molar-refractivity contribution in [2.24, 2.45) is 0 Å². The third-order valence-electron chi connectivity index (χ3n) is 3.09. The van der Waals surface area contributed by atoms with Crippen LogP contribution in [0.2, 0.25) is 0 Å². The first kappa shape index (κ1) is 13.9. The van der Waals surface area contributed by atoms with Crippen LogP contribution in [0.1, 0.15) is 18.4 Å². The second kappa shape index (κ2) is 6.08. The molecule has 0 aromatic heterocycles. The van der Waals surface area contributed by atoms with E-state index in [1.165, 1.54) is 0 Å². The molecule has 1 aliphatic heterocycles. The van der Waals surface area contributed by atoms with Crippen molar-refractivity contribution in [2.45, 2.75) is 24.7 Å². The lowest BCUT2D eigenvalue weighted by molar-refractivity contribution is 0.419. The van der Waals surface area contributed by atoms with E-state index < -0.39 is 10.0 Å². The number of sulfonamides is 1. The molecule has 3 nitrogen and oxygen atoms in total. The Hall–Kier alpha value is -0.520. The second-order valence-electron chi connectivity index (χ2n) is 4.54. The smallest absolute Gasteiger partial charge is 0.207 e. The molecule has 0 N–H and O–H groups in total. The first-order chi connectivity index (χ1) is 8.60. The van der Waals surface area contributed by atoms with E-state index in [9.17, 15) is 8.42 Å². The Morgan fingerprint density at radius 3 is 2.50 bits per heavy atom. The summed E-state index contributed by atoms with van der Waals surface area (Å²) in [6.45, 7) is 3.24. The third-order valence-corrected chi connectivity index (χ3v) is 6.05. The number of thioether (sulfide) groups is 1. The fourth-order valence-corrected chi connectivity index (χ4v) is 4.53. The van der Waals surface area contributed by atoms with Crippen molar-refractivity contribution in [1.82, 2.24) is 4.31 Å². The normalized spacial score (nSPS) is 19.2. The molecule has 0 amide bonds. The lowest BCUT2D eigenvalue weighted by atomic mass is 10.2. The highest BCUT2D eigenvalue weighted by molar-refractivity contribution is 7.99. The molecule has 0 atom stereocenters. The molecule has 2 rings (SSSR count). The average molecular weight is 285 g/mol. The molecule has 1 aliphatic rings. The van der Waals surface area contributed by atoms with E-state index in [1.807, 2.05) is 30.8 Å². The van der Waals surface area contributed by atoms with Gasteiger partial charge >= 0.3 is 0 Å². The summed E-state index contributed by atoms with van der Waals surface area (Å²) in [4.78, 5) is 0.415. The zero-order valence-corrected chi connectivity index (χ0v) is 12.3. The van der Waals surface area contributed by atoms with Gasteiger partial charge in [-0.3, -0.25) is 0 Å². The molecule has 0 aliphatic carbocycles. The van der Waals surface area contributed by atoms with Crippen LogP contribution in [-0.4, -0.2) is 37.3 Å². The lowest BCUT2D eigenvalue weighted by Crippen LogP contribution is -2.35. The maximum absolute atomic E-state index is 12.5. The molecule has 0 radical (unpaired) electrons. The molecular weight excluding hydrogens is 266 g/mol. The molecule has 1 aromatic rings. The number of hydrogen-bond acceptors (Lipinski definition) is 3. The molecule has 1 saturated heterocycles. The first-order valence-electron chi connectivity index (χ1n) is 6.25. The van der Waals surface area contributed by atoms with Gasteiger partial charge < -0.3 is 0 Å².